The number of nitrogens with zero attached hydrogens (tertiary/aromatic N) is 4. The SMILES string of the molecule is COC1(Cc2nnnn2CCC(=O)O)CCC1. The van der Waals surface area contributed by atoms with Crippen molar-refractivity contribution in [3.05, 3.63) is 5.82 Å². The summed E-state index contributed by atoms with van der Waals surface area (Å²) in [5, 5.41) is 20.0. The summed E-state index contributed by atoms with van der Waals surface area (Å²) >= 11 is 0. The first-order chi connectivity index (χ1) is 8.15. The highest BCUT2D eigenvalue weighted by Gasteiger charge is 2.38. The number of carboxylic acids is 1. The first-order valence-corrected chi connectivity index (χ1v) is 5.67. The molecule has 0 spiro atoms. The molecule has 1 aliphatic rings. The zero-order valence-electron chi connectivity index (χ0n) is 9.80. The minimum absolute atomic E-state index is 0.0258. The number of hydrogen-bond acceptors (Lipinski definition) is 5. The largest absolute Gasteiger partial charge is 0.481 e. The van der Waals surface area contributed by atoms with Crippen LogP contribution < -0.4 is 0 Å². The molecular weight excluding hydrogens is 224 g/mol. The van der Waals surface area contributed by atoms with Gasteiger partial charge in [-0.1, -0.05) is 0 Å². The van der Waals surface area contributed by atoms with Crippen LogP contribution in [0.5, 0.6) is 0 Å². The summed E-state index contributed by atoms with van der Waals surface area (Å²) in [4.78, 5) is 10.5. The maximum absolute atomic E-state index is 10.5. The van der Waals surface area contributed by atoms with E-state index in [0.29, 0.717) is 18.8 Å². The van der Waals surface area contributed by atoms with Gasteiger partial charge in [0.2, 0.25) is 0 Å². The van der Waals surface area contributed by atoms with Crippen LogP contribution in [0.25, 0.3) is 0 Å². The molecule has 0 amide bonds. The van der Waals surface area contributed by atoms with Crippen LogP contribution in [0, 0.1) is 0 Å². The Hall–Kier alpha value is -1.50. The van der Waals surface area contributed by atoms with Gasteiger partial charge >= 0.3 is 5.97 Å². The standard InChI is InChI=1S/C10H16N4O3/c1-17-10(4-2-5-10)7-8-11-12-13-14(8)6-3-9(15)16/h2-7H2,1H3,(H,15,16). The molecule has 0 aliphatic heterocycles. The quantitative estimate of drug-likeness (QED) is 0.767. The maximum atomic E-state index is 10.5. The van der Waals surface area contributed by atoms with E-state index >= 15 is 0 Å². The van der Waals surface area contributed by atoms with Crippen LogP contribution in [0.3, 0.4) is 0 Å². The number of hydrogen-bond donors (Lipinski definition) is 1. The molecule has 0 aromatic carbocycles. The molecular formula is C10H16N4O3. The van der Waals surface area contributed by atoms with E-state index in [9.17, 15) is 4.79 Å². The van der Waals surface area contributed by atoms with Crippen LogP contribution >= 0.6 is 0 Å². The van der Waals surface area contributed by atoms with Gasteiger partial charge < -0.3 is 9.84 Å². The van der Waals surface area contributed by atoms with Crippen molar-refractivity contribution in [1.82, 2.24) is 20.2 Å². The molecule has 0 atom stereocenters. The molecule has 0 unspecified atom stereocenters. The van der Waals surface area contributed by atoms with Crippen LogP contribution in [-0.2, 0) is 22.5 Å². The first-order valence-electron chi connectivity index (χ1n) is 5.67. The van der Waals surface area contributed by atoms with Gasteiger partial charge in [-0.25, -0.2) is 4.68 Å². The summed E-state index contributed by atoms with van der Waals surface area (Å²) < 4.78 is 7.05. The molecule has 0 bridgehead atoms. The Morgan fingerprint density at radius 3 is 2.88 bits per heavy atom. The van der Waals surface area contributed by atoms with E-state index < -0.39 is 5.97 Å². The fourth-order valence-electron chi connectivity index (χ4n) is 2.04. The van der Waals surface area contributed by atoms with Crippen molar-refractivity contribution >= 4 is 5.97 Å². The smallest absolute Gasteiger partial charge is 0.305 e. The second kappa shape index (κ2) is 4.79. The zero-order valence-corrected chi connectivity index (χ0v) is 9.80. The minimum Gasteiger partial charge on any atom is -0.481 e. The number of rotatable bonds is 6. The summed E-state index contributed by atoms with van der Waals surface area (Å²) in [5.41, 5.74) is -0.143. The third-order valence-electron chi connectivity index (χ3n) is 3.32. The molecule has 7 nitrogen and oxygen atoms in total. The number of carbonyl (C=O) groups is 1. The van der Waals surface area contributed by atoms with Gasteiger partial charge in [0.1, 0.15) is 0 Å². The van der Waals surface area contributed by atoms with E-state index in [0.717, 1.165) is 19.3 Å². The third kappa shape index (κ3) is 2.60. The lowest BCUT2D eigenvalue weighted by Crippen LogP contribution is -2.42. The Bertz CT molecular complexity index is 395. The highest BCUT2D eigenvalue weighted by molar-refractivity contribution is 5.66. The molecule has 7 heteroatoms. The van der Waals surface area contributed by atoms with Crippen molar-refractivity contribution in [2.24, 2.45) is 0 Å². The van der Waals surface area contributed by atoms with Gasteiger partial charge in [0, 0.05) is 13.5 Å². The molecule has 17 heavy (non-hydrogen) atoms. The number of aliphatic carboxylic acids is 1. The van der Waals surface area contributed by atoms with E-state index in [1.165, 1.54) is 0 Å². The number of carboxylic acid groups (broad SMARTS) is 1. The molecule has 2 rings (SSSR count). The van der Waals surface area contributed by atoms with Crippen molar-refractivity contribution in [3.8, 4) is 0 Å². The van der Waals surface area contributed by atoms with Gasteiger partial charge in [-0.2, -0.15) is 0 Å². The van der Waals surface area contributed by atoms with Crippen LogP contribution in [0.1, 0.15) is 31.5 Å². The molecule has 1 saturated carbocycles. The highest BCUT2D eigenvalue weighted by Crippen LogP contribution is 2.37. The zero-order chi connectivity index (χ0) is 12.3. The van der Waals surface area contributed by atoms with Crippen molar-refractivity contribution in [2.45, 2.75) is 44.2 Å². The summed E-state index contributed by atoms with van der Waals surface area (Å²) in [6.45, 7) is 0.303. The third-order valence-corrected chi connectivity index (χ3v) is 3.32. The van der Waals surface area contributed by atoms with E-state index in [1.807, 2.05) is 0 Å². The fourth-order valence-corrected chi connectivity index (χ4v) is 2.04. The molecule has 1 aromatic rings. The molecule has 1 heterocycles. The van der Waals surface area contributed by atoms with E-state index in [1.54, 1.807) is 11.8 Å². The van der Waals surface area contributed by atoms with E-state index in [4.69, 9.17) is 9.84 Å². The van der Waals surface area contributed by atoms with Crippen molar-refractivity contribution in [1.29, 1.82) is 0 Å². The Labute approximate surface area is 98.8 Å². The highest BCUT2D eigenvalue weighted by atomic mass is 16.5. The molecule has 1 aromatic heterocycles. The first kappa shape index (κ1) is 12.0. The molecule has 1 fully saturated rings. The fraction of sp³-hybridized carbons (Fsp3) is 0.800. The van der Waals surface area contributed by atoms with Crippen LogP contribution in [0.4, 0.5) is 0 Å². The number of aryl methyl sites for hydroxylation is 1. The predicted octanol–water partition coefficient (Wildman–Crippen LogP) is 0.259. The maximum Gasteiger partial charge on any atom is 0.305 e. The lowest BCUT2D eigenvalue weighted by Gasteiger charge is -2.40. The number of methoxy groups -OCH3 is 1. The Kier molecular flexibility index (Phi) is 3.37. The summed E-state index contributed by atoms with van der Waals surface area (Å²) in [6.07, 6.45) is 3.85. The number of tetrazole rings is 1. The van der Waals surface area contributed by atoms with E-state index in [2.05, 4.69) is 15.5 Å². The molecule has 1 aliphatic carbocycles. The summed E-state index contributed by atoms with van der Waals surface area (Å²) in [6, 6.07) is 0. The average Bonchev–Trinajstić information content (AvgIpc) is 2.67. The lowest BCUT2D eigenvalue weighted by atomic mass is 9.77. The summed E-state index contributed by atoms with van der Waals surface area (Å²) in [5.74, 6) is -0.149. The molecule has 0 saturated heterocycles. The topological polar surface area (TPSA) is 90.1 Å². The van der Waals surface area contributed by atoms with Gasteiger partial charge in [-0.05, 0) is 29.7 Å². The number of ether oxygens (including phenoxy) is 1. The van der Waals surface area contributed by atoms with E-state index in [-0.39, 0.29) is 12.0 Å². The lowest BCUT2D eigenvalue weighted by molar-refractivity contribution is -0.137. The van der Waals surface area contributed by atoms with Gasteiger partial charge in [-0.15, -0.1) is 5.10 Å². The molecule has 0 radical (unpaired) electrons. The van der Waals surface area contributed by atoms with Crippen molar-refractivity contribution in [2.75, 3.05) is 7.11 Å². The predicted molar refractivity (Wildman–Crippen MR) is 57.4 cm³/mol. The average molecular weight is 240 g/mol. The van der Waals surface area contributed by atoms with Crippen LogP contribution in [-0.4, -0.2) is 44.0 Å². The minimum atomic E-state index is -0.850. The Morgan fingerprint density at radius 2 is 2.35 bits per heavy atom. The Balaban J connectivity index is 2.00. The van der Waals surface area contributed by atoms with Gasteiger partial charge in [0.15, 0.2) is 5.82 Å². The Morgan fingerprint density at radius 1 is 1.59 bits per heavy atom. The number of aromatic nitrogens is 4. The van der Waals surface area contributed by atoms with Crippen LogP contribution in [0.15, 0.2) is 0 Å². The van der Waals surface area contributed by atoms with Gasteiger partial charge in [0.25, 0.3) is 0 Å². The molecule has 94 valence electrons. The molecule has 1 N–H and O–H groups in total. The second-order valence-corrected chi connectivity index (χ2v) is 4.38. The van der Waals surface area contributed by atoms with Crippen molar-refractivity contribution in [3.63, 3.8) is 0 Å². The van der Waals surface area contributed by atoms with Crippen molar-refractivity contribution < 1.29 is 14.6 Å². The monoisotopic (exact) mass is 240 g/mol. The second-order valence-electron chi connectivity index (χ2n) is 4.38. The summed E-state index contributed by atoms with van der Waals surface area (Å²) in [7, 11) is 1.70. The normalized spacial score (nSPS) is 17.7. The van der Waals surface area contributed by atoms with Crippen LogP contribution in [0.2, 0.25) is 0 Å². The van der Waals surface area contributed by atoms with Gasteiger partial charge in [0.05, 0.1) is 18.6 Å². The van der Waals surface area contributed by atoms with Gasteiger partial charge in [-0.3, -0.25) is 4.79 Å².